The minimum Gasteiger partial charge on any atom is -0.492 e. The van der Waals surface area contributed by atoms with Crippen LogP contribution in [0.1, 0.15) is 28.3 Å². The van der Waals surface area contributed by atoms with E-state index in [0.29, 0.717) is 19.7 Å². The number of hydrogen-bond acceptors (Lipinski definition) is 3. The maximum atomic E-state index is 13.5. The Bertz CT molecular complexity index is 1000. The highest BCUT2D eigenvalue weighted by molar-refractivity contribution is 5.96. The lowest BCUT2D eigenvalue weighted by molar-refractivity contribution is -0.121. The van der Waals surface area contributed by atoms with Crippen LogP contribution in [0.3, 0.4) is 0 Å². The molecule has 148 valence electrons. The van der Waals surface area contributed by atoms with E-state index < -0.39 is 6.04 Å². The molecule has 0 fully saturated rings. The molecule has 4 heteroatoms. The molecule has 3 aromatic carbocycles. The predicted octanol–water partition coefficient (Wildman–Crippen LogP) is 4.88. The number of fused-ring (bicyclic) bond motifs is 1. The van der Waals surface area contributed by atoms with Crippen LogP contribution in [0.4, 0.5) is 5.69 Å². The van der Waals surface area contributed by atoms with Crippen molar-refractivity contribution in [3.8, 4) is 5.75 Å². The topological polar surface area (TPSA) is 41.6 Å². The Morgan fingerprint density at radius 2 is 1.76 bits per heavy atom. The number of hydrogen-bond donors (Lipinski definition) is 1. The van der Waals surface area contributed by atoms with E-state index >= 15 is 0 Å². The van der Waals surface area contributed by atoms with Gasteiger partial charge in [-0.25, -0.2) is 0 Å². The van der Waals surface area contributed by atoms with Gasteiger partial charge in [-0.3, -0.25) is 9.69 Å². The van der Waals surface area contributed by atoms with Crippen LogP contribution in [0.5, 0.6) is 5.75 Å². The maximum absolute atomic E-state index is 13.5. The van der Waals surface area contributed by atoms with E-state index in [1.165, 1.54) is 0 Å². The fourth-order valence-corrected chi connectivity index (χ4v) is 3.80. The van der Waals surface area contributed by atoms with Crippen molar-refractivity contribution in [3.63, 3.8) is 0 Å². The zero-order chi connectivity index (χ0) is 20.2. The first-order valence-corrected chi connectivity index (χ1v) is 9.99. The largest absolute Gasteiger partial charge is 0.492 e. The summed E-state index contributed by atoms with van der Waals surface area (Å²) >= 11 is 0. The van der Waals surface area contributed by atoms with Crippen LogP contribution in [0.15, 0.2) is 72.8 Å². The highest BCUT2D eigenvalue weighted by atomic mass is 16.5. The smallest absolute Gasteiger partial charge is 0.246 e. The van der Waals surface area contributed by atoms with Crippen molar-refractivity contribution in [1.29, 1.82) is 0 Å². The van der Waals surface area contributed by atoms with Gasteiger partial charge >= 0.3 is 0 Å². The molecule has 1 aliphatic rings. The zero-order valence-corrected chi connectivity index (χ0v) is 16.9. The quantitative estimate of drug-likeness (QED) is 0.695. The minimum absolute atomic E-state index is 0.0238. The Hall–Kier alpha value is -3.11. The second kappa shape index (κ2) is 8.50. The number of benzene rings is 3. The van der Waals surface area contributed by atoms with Gasteiger partial charge < -0.3 is 10.1 Å². The molecular weight excluding hydrogens is 360 g/mol. The zero-order valence-electron chi connectivity index (χ0n) is 16.9. The van der Waals surface area contributed by atoms with Crippen molar-refractivity contribution >= 4 is 11.6 Å². The third kappa shape index (κ3) is 4.33. The van der Waals surface area contributed by atoms with Crippen LogP contribution < -0.4 is 10.1 Å². The Balaban J connectivity index is 1.67. The van der Waals surface area contributed by atoms with Crippen molar-refractivity contribution in [2.24, 2.45) is 0 Å². The number of anilines is 1. The molecule has 1 unspecified atom stereocenters. The molecule has 1 N–H and O–H groups in total. The van der Waals surface area contributed by atoms with Crippen molar-refractivity contribution < 1.29 is 9.53 Å². The Labute approximate surface area is 172 Å². The number of nitrogens with zero attached hydrogens (tertiary/aromatic N) is 1. The molecule has 0 saturated carbocycles. The second-order valence-corrected chi connectivity index (χ2v) is 7.55. The second-order valence-electron chi connectivity index (χ2n) is 7.55. The van der Waals surface area contributed by atoms with E-state index in [1.807, 2.05) is 74.5 Å². The summed E-state index contributed by atoms with van der Waals surface area (Å²) in [5.41, 5.74) is 5.13. The number of carbonyl (C=O) groups excluding carboxylic acids is 1. The SMILES string of the molecule is Cc1ccc(C)c(NC(=O)C(c2ccccc2)N2CCOc3ccccc3C2)c1. The lowest BCUT2D eigenvalue weighted by Gasteiger charge is -2.30. The fraction of sp³-hybridized carbons (Fsp3) is 0.240. The number of rotatable bonds is 4. The highest BCUT2D eigenvalue weighted by Gasteiger charge is 2.30. The Morgan fingerprint density at radius 3 is 2.59 bits per heavy atom. The molecular formula is C25H26N2O2. The van der Waals surface area contributed by atoms with Crippen LogP contribution in [0, 0.1) is 13.8 Å². The van der Waals surface area contributed by atoms with Crippen molar-refractivity contribution in [3.05, 3.63) is 95.1 Å². The fourth-order valence-electron chi connectivity index (χ4n) is 3.80. The van der Waals surface area contributed by atoms with Gasteiger partial charge in [0.2, 0.25) is 5.91 Å². The maximum Gasteiger partial charge on any atom is 0.246 e. The molecule has 0 radical (unpaired) electrons. The van der Waals surface area contributed by atoms with Gasteiger partial charge in [-0.05, 0) is 42.7 Å². The first kappa shape index (κ1) is 19.2. The van der Waals surface area contributed by atoms with Gasteiger partial charge in [-0.1, -0.05) is 60.7 Å². The Kier molecular flexibility index (Phi) is 5.63. The molecule has 0 aromatic heterocycles. The summed E-state index contributed by atoms with van der Waals surface area (Å²) in [5.74, 6) is 0.876. The van der Waals surface area contributed by atoms with E-state index in [0.717, 1.165) is 33.7 Å². The molecule has 1 aliphatic heterocycles. The van der Waals surface area contributed by atoms with E-state index in [2.05, 4.69) is 22.3 Å². The molecule has 29 heavy (non-hydrogen) atoms. The predicted molar refractivity (Wildman–Crippen MR) is 116 cm³/mol. The summed E-state index contributed by atoms with van der Waals surface area (Å²) < 4.78 is 5.92. The van der Waals surface area contributed by atoms with Gasteiger partial charge in [0.1, 0.15) is 18.4 Å². The van der Waals surface area contributed by atoms with Crippen LogP contribution in [-0.4, -0.2) is 24.0 Å². The molecule has 3 aromatic rings. The van der Waals surface area contributed by atoms with Gasteiger partial charge in [0, 0.05) is 24.3 Å². The average Bonchev–Trinajstić information content (AvgIpc) is 2.94. The standard InChI is InChI=1S/C25H26N2O2/c1-18-12-13-19(2)22(16-18)26-25(28)24(20-8-4-3-5-9-20)27-14-15-29-23-11-7-6-10-21(23)17-27/h3-13,16,24H,14-15,17H2,1-2H3,(H,26,28). The van der Waals surface area contributed by atoms with Gasteiger partial charge in [0.05, 0.1) is 0 Å². The first-order valence-electron chi connectivity index (χ1n) is 9.99. The monoisotopic (exact) mass is 386 g/mol. The number of nitrogens with one attached hydrogen (secondary N) is 1. The molecule has 1 amide bonds. The third-order valence-electron chi connectivity index (χ3n) is 5.36. The van der Waals surface area contributed by atoms with E-state index in [4.69, 9.17) is 4.74 Å². The number of ether oxygens (including phenoxy) is 1. The highest BCUT2D eigenvalue weighted by Crippen LogP contribution is 2.30. The molecule has 4 rings (SSSR count). The third-order valence-corrected chi connectivity index (χ3v) is 5.36. The molecule has 0 saturated heterocycles. The van der Waals surface area contributed by atoms with Crippen LogP contribution in [-0.2, 0) is 11.3 Å². The van der Waals surface area contributed by atoms with Crippen molar-refractivity contribution in [1.82, 2.24) is 4.90 Å². The van der Waals surface area contributed by atoms with E-state index in [1.54, 1.807) is 0 Å². The summed E-state index contributed by atoms with van der Waals surface area (Å²) in [4.78, 5) is 15.7. The van der Waals surface area contributed by atoms with Crippen LogP contribution in [0.25, 0.3) is 0 Å². The summed E-state index contributed by atoms with van der Waals surface area (Å²) in [5, 5.41) is 3.17. The van der Waals surface area contributed by atoms with Gasteiger partial charge in [0.15, 0.2) is 0 Å². The molecule has 0 aliphatic carbocycles. The molecule has 1 atom stereocenters. The van der Waals surface area contributed by atoms with Crippen LogP contribution in [0.2, 0.25) is 0 Å². The summed E-state index contributed by atoms with van der Waals surface area (Å²) in [6, 6.07) is 23.8. The average molecular weight is 386 g/mol. The van der Waals surface area contributed by atoms with Gasteiger partial charge in [-0.2, -0.15) is 0 Å². The molecule has 4 nitrogen and oxygen atoms in total. The van der Waals surface area contributed by atoms with Crippen molar-refractivity contribution in [2.75, 3.05) is 18.5 Å². The first-order chi connectivity index (χ1) is 14.1. The van der Waals surface area contributed by atoms with Crippen molar-refractivity contribution in [2.45, 2.75) is 26.4 Å². The molecule has 0 spiro atoms. The van der Waals surface area contributed by atoms with Gasteiger partial charge in [-0.15, -0.1) is 0 Å². The normalized spacial score (nSPS) is 15.0. The van der Waals surface area contributed by atoms with Gasteiger partial charge in [0.25, 0.3) is 0 Å². The number of amides is 1. The lowest BCUT2D eigenvalue weighted by Crippen LogP contribution is -2.38. The number of para-hydroxylation sites is 1. The van der Waals surface area contributed by atoms with E-state index in [9.17, 15) is 4.79 Å². The summed E-state index contributed by atoms with van der Waals surface area (Å²) in [7, 11) is 0. The summed E-state index contributed by atoms with van der Waals surface area (Å²) in [6.07, 6.45) is 0. The number of aryl methyl sites for hydroxylation is 2. The minimum atomic E-state index is -0.397. The molecule has 1 heterocycles. The number of carbonyl (C=O) groups is 1. The van der Waals surface area contributed by atoms with Crippen LogP contribution >= 0.6 is 0 Å². The summed E-state index contributed by atoms with van der Waals surface area (Å²) in [6.45, 7) is 5.94. The lowest BCUT2D eigenvalue weighted by atomic mass is 10.0. The molecule has 0 bridgehead atoms. The van der Waals surface area contributed by atoms with E-state index in [-0.39, 0.29) is 5.91 Å². The Morgan fingerprint density at radius 1 is 1.00 bits per heavy atom.